The smallest absolute Gasteiger partial charge is 0.335 e. The molecule has 0 spiro atoms. The van der Waals surface area contributed by atoms with Gasteiger partial charge in [0.15, 0.2) is 0 Å². The summed E-state index contributed by atoms with van der Waals surface area (Å²) in [7, 11) is 0. The van der Waals surface area contributed by atoms with Gasteiger partial charge in [-0.3, -0.25) is 0 Å². The Hall–Kier alpha value is -1.51. The minimum Gasteiger partial charge on any atom is -0.478 e. The van der Waals surface area contributed by atoms with Gasteiger partial charge in [-0.2, -0.15) is 0 Å². The second-order valence-electron chi connectivity index (χ2n) is 5.12. The minimum atomic E-state index is -0.896. The minimum absolute atomic E-state index is 0.138. The summed E-state index contributed by atoms with van der Waals surface area (Å²) in [5, 5.41) is 12.2. The normalized spacial score (nSPS) is 13.2. The molecular weight excluding hydrogens is 202 g/mol. The average Bonchev–Trinajstić information content (AvgIpc) is 2.16. The third-order valence-corrected chi connectivity index (χ3v) is 2.79. The summed E-state index contributed by atoms with van der Waals surface area (Å²) in [4.78, 5) is 10.8. The predicted molar refractivity (Wildman–Crippen MR) is 65.9 cm³/mol. The number of hydrogen-bond donors (Lipinski definition) is 2. The molecule has 0 aliphatic heterocycles. The zero-order valence-corrected chi connectivity index (χ0v) is 10.2. The molecule has 0 heterocycles. The van der Waals surface area contributed by atoms with Crippen molar-refractivity contribution in [2.75, 3.05) is 5.32 Å². The van der Waals surface area contributed by atoms with Gasteiger partial charge in [-0.15, -0.1) is 0 Å². The van der Waals surface area contributed by atoms with Gasteiger partial charge in [-0.25, -0.2) is 4.79 Å². The van der Waals surface area contributed by atoms with E-state index in [2.05, 4.69) is 33.0 Å². The largest absolute Gasteiger partial charge is 0.478 e. The lowest BCUT2D eigenvalue weighted by Gasteiger charge is -2.29. The summed E-state index contributed by atoms with van der Waals surface area (Å²) in [6.45, 7) is 8.52. The van der Waals surface area contributed by atoms with Crippen LogP contribution in [-0.4, -0.2) is 17.1 Å². The fourth-order valence-corrected chi connectivity index (χ4v) is 1.21. The summed E-state index contributed by atoms with van der Waals surface area (Å²) in [5.41, 5.74) is 1.30. The van der Waals surface area contributed by atoms with Gasteiger partial charge in [0, 0.05) is 11.7 Å². The zero-order chi connectivity index (χ0) is 12.3. The highest BCUT2D eigenvalue weighted by Crippen LogP contribution is 2.23. The van der Waals surface area contributed by atoms with Crippen molar-refractivity contribution in [2.45, 2.75) is 33.7 Å². The van der Waals surface area contributed by atoms with E-state index in [1.54, 1.807) is 18.2 Å². The van der Waals surface area contributed by atoms with E-state index in [-0.39, 0.29) is 11.5 Å². The average molecular weight is 221 g/mol. The number of rotatable bonds is 3. The summed E-state index contributed by atoms with van der Waals surface area (Å²) in [6, 6.07) is 7.16. The van der Waals surface area contributed by atoms with E-state index in [0.29, 0.717) is 5.56 Å². The maximum atomic E-state index is 10.8. The Balaban J connectivity index is 2.82. The lowest BCUT2D eigenvalue weighted by Crippen LogP contribution is -2.30. The molecule has 0 fully saturated rings. The van der Waals surface area contributed by atoms with Crippen LogP contribution in [0.5, 0.6) is 0 Å². The first-order valence-electron chi connectivity index (χ1n) is 5.40. The molecule has 0 aliphatic rings. The molecule has 0 radical (unpaired) electrons. The van der Waals surface area contributed by atoms with Crippen LogP contribution in [-0.2, 0) is 0 Å². The van der Waals surface area contributed by atoms with E-state index in [0.717, 1.165) is 5.69 Å². The van der Waals surface area contributed by atoms with E-state index in [1.165, 1.54) is 0 Å². The summed E-state index contributed by atoms with van der Waals surface area (Å²) in [5.74, 6) is -0.896. The Bertz CT molecular complexity index is 380. The highest BCUT2D eigenvalue weighted by Gasteiger charge is 2.19. The highest BCUT2D eigenvalue weighted by atomic mass is 16.4. The van der Waals surface area contributed by atoms with Gasteiger partial charge in [-0.05, 0) is 30.5 Å². The number of aromatic carboxylic acids is 1. The monoisotopic (exact) mass is 221 g/mol. The molecule has 2 N–H and O–H groups in total. The highest BCUT2D eigenvalue weighted by molar-refractivity contribution is 5.88. The Morgan fingerprint density at radius 2 is 2.00 bits per heavy atom. The van der Waals surface area contributed by atoms with Gasteiger partial charge in [0.25, 0.3) is 0 Å². The molecule has 1 unspecified atom stereocenters. The van der Waals surface area contributed by atoms with Crippen molar-refractivity contribution in [1.82, 2.24) is 0 Å². The lowest BCUT2D eigenvalue weighted by molar-refractivity contribution is 0.0697. The Labute approximate surface area is 96.5 Å². The predicted octanol–water partition coefficient (Wildman–Crippen LogP) is 3.23. The van der Waals surface area contributed by atoms with Crippen LogP contribution >= 0.6 is 0 Å². The van der Waals surface area contributed by atoms with Crippen molar-refractivity contribution >= 4 is 11.7 Å². The molecule has 0 saturated heterocycles. The third-order valence-electron chi connectivity index (χ3n) is 2.79. The number of nitrogens with one attached hydrogen (secondary N) is 1. The van der Waals surface area contributed by atoms with Gasteiger partial charge < -0.3 is 10.4 Å². The van der Waals surface area contributed by atoms with Gasteiger partial charge in [0.1, 0.15) is 0 Å². The third kappa shape index (κ3) is 3.26. The van der Waals surface area contributed by atoms with Crippen molar-refractivity contribution < 1.29 is 9.90 Å². The molecule has 88 valence electrons. The first-order chi connectivity index (χ1) is 7.30. The Kier molecular flexibility index (Phi) is 3.58. The molecule has 0 bridgehead atoms. The van der Waals surface area contributed by atoms with Crippen LogP contribution in [0.25, 0.3) is 0 Å². The molecule has 1 atom stereocenters. The van der Waals surface area contributed by atoms with Crippen LogP contribution in [0.2, 0.25) is 0 Å². The fourth-order valence-electron chi connectivity index (χ4n) is 1.21. The molecule has 3 heteroatoms. The van der Waals surface area contributed by atoms with Gasteiger partial charge >= 0.3 is 5.97 Å². The molecule has 1 rings (SSSR count). The molecule has 3 nitrogen and oxygen atoms in total. The van der Waals surface area contributed by atoms with Gasteiger partial charge in [0.2, 0.25) is 0 Å². The molecule has 0 saturated carbocycles. The second-order valence-corrected chi connectivity index (χ2v) is 5.12. The number of carboxylic acids is 1. The van der Waals surface area contributed by atoms with Crippen LogP contribution in [0.4, 0.5) is 5.69 Å². The number of carboxylic acid groups (broad SMARTS) is 1. The van der Waals surface area contributed by atoms with E-state index < -0.39 is 5.97 Å². The number of anilines is 1. The lowest BCUT2D eigenvalue weighted by atomic mass is 9.88. The van der Waals surface area contributed by atoms with E-state index in [1.807, 2.05) is 6.07 Å². The van der Waals surface area contributed by atoms with E-state index in [9.17, 15) is 4.79 Å². The quantitative estimate of drug-likeness (QED) is 0.823. The van der Waals surface area contributed by atoms with E-state index >= 15 is 0 Å². The molecule has 1 aromatic rings. The van der Waals surface area contributed by atoms with Crippen molar-refractivity contribution in [2.24, 2.45) is 5.41 Å². The SMILES string of the molecule is CC(Nc1cccc(C(=O)O)c1)C(C)(C)C. The maximum absolute atomic E-state index is 10.8. The molecule has 0 aromatic heterocycles. The maximum Gasteiger partial charge on any atom is 0.335 e. The van der Waals surface area contributed by atoms with Crippen LogP contribution in [0.15, 0.2) is 24.3 Å². The van der Waals surface area contributed by atoms with E-state index in [4.69, 9.17) is 5.11 Å². The molecule has 0 amide bonds. The van der Waals surface area contributed by atoms with Crippen molar-refractivity contribution in [3.63, 3.8) is 0 Å². The topological polar surface area (TPSA) is 49.3 Å². The first kappa shape index (κ1) is 12.6. The molecular formula is C13H19NO2. The van der Waals surface area contributed by atoms with Crippen LogP contribution < -0.4 is 5.32 Å². The summed E-state index contributed by atoms with van der Waals surface area (Å²) >= 11 is 0. The second kappa shape index (κ2) is 4.56. The van der Waals surface area contributed by atoms with Crippen LogP contribution in [0.3, 0.4) is 0 Å². The number of benzene rings is 1. The van der Waals surface area contributed by atoms with Gasteiger partial charge in [0.05, 0.1) is 5.56 Å². The summed E-state index contributed by atoms with van der Waals surface area (Å²) < 4.78 is 0. The van der Waals surface area contributed by atoms with Crippen molar-refractivity contribution in [1.29, 1.82) is 0 Å². The fraction of sp³-hybridized carbons (Fsp3) is 0.462. The summed E-state index contributed by atoms with van der Waals surface area (Å²) in [6.07, 6.45) is 0. The zero-order valence-electron chi connectivity index (χ0n) is 10.2. The van der Waals surface area contributed by atoms with Gasteiger partial charge in [-0.1, -0.05) is 26.8 Å². The Morgan fingerprint density at radius 1 is 1.38 bits per heavy atom. The number of hydrogen-bond acceptors (Lipinski definition) is 2. The van der Waals surface area contributed by atoms with Crippen molar-refractivity contribution in [3.8, 4) is 0 Å². The number of carbonyl (C=O) groups is 1. The standard InChI is InChI=1S/C13H19NO2/c1-9(13(2,3)4)14-11-7-5-6-10(8-11)12(15)16/h5-9,14H,1-4H3,(H,15,16). The molecule has 1 aromatic carbocycles. The first-order valence-corrected chi connectivity index (χ1v) is 5.40. The van der Waals surface area contributed by atoms with Crippen LogP contribution in [0, 0.1) is 5.41 Å². The molecule has 0 aliphatic carbocycles. The van der Waals surface area contributed by atoms with Crippen molar-refractivity contribution in [3.05, 3.63) is 29.8 Å². The van der Waals surface area contributed by atoms with Crippen LogP contribution in [0.1, 0.15) is 38.1 Å². The Morgan fingerprint density at radius 3 is 2.50 bits per heavy atom. The molecule has 16 heavy (non-hydrogen) atoms.